The summed E-state index contributed by atoms with van der Waals surface area (Å²) in [6, 6.07) is 1.89. The Kier molecular flexibility index (Phi) is 2.89. The molecule has 7 heteroatoms. The van der Waals surface area contributed by atoms with Gasteiger partial charge in [-0.15, -0.1) is 0 Å². The van der Waals surface area contributed by atoms with E-state index in [-0.39, 0.29) is 0 Å². The van der Waals surface area contributed by atoms with E-state index in [0.29, 0.717) is 16.3 Å². The van der Waals surface area contributed by atoms with Gasteiger partial charge in [-0.1, -0.05) is 11.6 Å². The summed E-state index contributed by atoms with van der Waals surface area (Å²) in [6.07, 6.45) is 7.02. The summed E-state index contributed by atoms with van der Waals surface area (Å²) in [5, 5.41) is 4.76. The molecule has 3 aromatic rings. The highest BCUT2D eigenvalue weighted by Crippen LogP contribution is 2.21. The van der Waals surface area contributed by atoms with E-state index in [4.69, 9.17) is 23.8 Å². The van der Waals surface area contributed by atoms with Crippen LogP contribution in [0.15, 0.2) is 30.9 Å². The summed E-state index contributed by atoms with van der Waals surface area (Å²) >= 11 is 11.5. The number of halogens is 1. The quantitative estimate of drug-likeness (QED) is 0.750. The Morgan fingerprint density at radius 2 is 2.22 bits per heavy atom. The van der Waals surface area contributed by atoms with Crippen LogP contribution in [0.25, 0.3) is 11.0 Å². The van der Waals surface area contributed by atoms with Crippen LogP contribution in [0.5, 0.6) is 0 Å². The molecule has 0 aliphatic carbocycles. The topological polar surface area (TPSA) is 51.4 Å². The second-order valence-electron chi connectivity index (χ2n) is 3.87. The van der Waals surface area contributed by atoms with Gasteiger partial charge in [0.15, 0.2) is 4.77 Å². The summed E-state index contributed by atoms with van der Waals surface area (Å²) in [5.74, 6) is 0. The largest absolute Gasteiger partial charge is 0.329 e. The minimum Gasteiger partial charge on any atom is -0.329 e. The summed E-state index contributed by atoms with van der Waals surface area (Å²) in [5.41, 5.74) is 1.75. The van der Waals surface area contributed by atoms with Crippen LogP contribution in [0, 0.1) is 4.77 Å². The molecule has 18 heavy (non-hydrogen) atoms. The molecule has 5 nitrogen and oxygen atoms in total. The fourth-order valence-corrected chi connectivity index (χ4v) is 2.48. The first-order valence-corrected chi connectivity index (χ1v) is 6.24. The van der Waals surface area contributed by atoms with Gasteiger partial charge < -0.3 is 9.55 Å². The lowest BCUT2D eigenvalue weighted by molar-refractivity contribution is 0.538. The number of aryl methyl sites for hydroxylation is 2. The number of hydrogen-bond donors (Lipinski definition) is 1. The first-order chi connectivity index (χ1) is 8.75. The van der Waals surface area contributed by atoms with E-state index in [2.05, 4.69) is 15.1 Å². The number of rotatable bonds is 3. The average Bonchev–Trinajstić information content (AvgIpc) is 2.94. The number of hydrogen-bond acceptors (Lipinski definition) is 3. The molecular formula is C11H10ClN5S. The number of imidazole rings is 1. The van der Waals surface area contributed by atoms with Crippen molar-refractivity contribution in [1.82, 2.24) is 24.3 Å². The van der Waals surface area contributed by atoms with E-state index in [1.165, 1.54) is 0 Å². The van der Waals surface area contributed by atoms with Crippen LogP contribution in [-0.4, -0.2) is 24.3 Å². The molecular weight excluding hydrogens is 270 g/mol. The minimum atomic E-state index is 0.598. The van der Waals surface area contributed by atoms with Crippen molar-refractivity contribution in [3.05, 3.63) is 40.6 Å². The van der Waals surface area contributed by atoms with Gasteiger partial charge in [-0.2, -0.15) is 5.10 Å². The maximum absolute atomic E-state index is 6.16. The molecule has 0 unspecified atom stereocenters. The third-order valence-corrected chi connectivity index (χ3v) is 3.34. The van der Waals surface area contributed by atoms with Crippen molar-refractivity contribution in [2.75, 3.05) is 0 Å². The molecule has 0 aromatic carbocycles. The Labute approximate surface area is 113 Å². The first-order valence-electron chi connectivity index (χ1n) is 5.45. The lowest BCUT2D eigenvalue weighted by Gasteiger charge is -2.05. The number of aromatic nitrogens is 5. The van der Waals surface area contributed by atoms with E-state index in [1.54, 1.807) is 18.6 Å². The molecule has 0 amide bonds. The summed E-state index contributed by atoms with van der Waals surface area (Å²) in [4.78, 5) is 7.14. The van der Waals surface area contributed by atoms with Gasteiger partial charge in [-0.3, -0.25) is 9.67 Å². The molecule has 92 valence electrons. The molecule has 0 aliphatic heterocycles. The minimum absolute atomic E-state index is 0.598. The molecule has 0 radical (unpaired) electrons. The SMILES string of the molecule is S=c1[nH]c2cncc(Cl)c2n1CCn1cccn1. The standard InChI is InChI=1S/C11H10ClN5S/c12-8-6-13-7-9-10(8)17(11(18)15-9)5-4-16-3-1-2-14-16/h1-3,6-7H,4-5H2,(H,15,18). The highest BCUT2D eigenvalue weighted by Gasteiger charge is 2.08. The Hall–Kier alpha value is -1.66. The van der Waals surface area contributed by atoms with E-state index in [9.17, 15) is 0 Å². The lowest BCUT2D eigenvalue weighted by atomic mass is 10.4. The summed E-state index contributed by atoms with van der Waals surface area (Å²) < 4.78 is 4.47. The third kappa shape index (κ3) is 1.93. The van der Waals surface area contributed by atoms with Crippen molar-refractivity contribution in [3.63, 3.8) is 0 Å². The zero-order valence-electron chi connectivity index (χ0n) is 9.38. The normalized spacial score (nSPS) is 11.2. The predicted octanol–water partition coefficient (Wildman–Crippen LogP) is 2.64. The third-order valence-electron chi connectivity index (χ3n) is 2.74. The van der Waals surface area contributed by atoms with Crippen molar-refractivity contribution in [2.24, 2.45) is 0 Å². The monoisotopic (exact) mass is 279 g/mol. The number of nitrogens with zero attached hydrogens (tertiary/aromatic N) is 4. The number of H-pyrrole nitrogens is 1. The molecule has 0 atom stereocenters. The average molecular weight is 280 g/mol. The van der Waals surface area contributed by atoms with Gasteiger partial charge in [-0.05, 0) is 18.3 Å². The van der Waals surface area contributed by atoms with Gasteiger partial charge in [0.25, 0.3) is 0 Å². The van der Waals surface area contributed by atoms with Gasteiger partial charge in [0.05, 0.1) is 28.8 Å². The summed E-state index contributed by atoms with van der Waals surface area (Å²) in [7, 11) is 0. The Morgan fingerprint density at radius 3 is 3.00 bits per heavy atom. The molecule has 0 fully saturated rings. The van der Waals surface area contributed by atoms with Crippen molar-refractivity contribution in [2.45, 2.75) is 13.1 Å². The predicted molar refractivity (Wildman–Crippen MR) is 72.2 cm³/mol. The molecule has 0 aliphatic rings. The van der Waals surface area contributed by atoms with Crippen molar-refractivity contribution in [1.29, 1.82) is 0 Å². The summed E-state index contributed by atoms with van der Waals surface area (Å²) in [6.45, 7) is 1.46. The van der Waals surface area contributed by atoms with Crippen LogP contribution in [0.3, 0.4) is 0 Å². The molecule has 0 spiro atoms. The Bertz CT molecular complexity index is 728. The van der Waals surface area contributed by atoms with E-state index < -0.39 is 0 Å². The Balaban J connectivity index is 2.01. The van der Waals surface area contributed by atoms with E-state index in [1.807, 2.05) is 21.5 Å². The van der Waals surface area contributed by atoms with Crippen LogP contribution in [-0.2, 0) is 13.1 Å². The zero-order valence-corrected chi connectivity index (χ0v) is 10.9. The maximum atomic E-state index is 6.16. The maximum Gasteiger partial charge on any atom is 0.178 e. The number of aromatic amines is 1. The second-order valence-corrected chi connectivity index (χ2v) is 4.66. The smallest absolute Gasteiger partial charge is 0.178 e. The van der Waals surface area contributed by atoms with Gasteiger partial charge in [-0.25, -0.2) is 0 Å². The van der Waals surface area contributed by atoms with Crippen LogP contribution < -0.4 is 0 Å². The second kappa shape index (κ2) is 4.55. The zero-order chi connectivity index (χ0) is 12.5. The van der Waals surface area contributed by atoms with Gasteiger partial charge in [0, 0.05) is 25.1 Å². The lowest BCUT2D eigenvalue weighted by Crippen LogP contribution is -2.07. The number of fused-ring (bicyclic) bond motifs is 1. The molecule has 0 saturated carbocycles. The van der Waals surface area contributed by atoms with Gasteiger partial charge in [0.2, 0.25) is 0 Å². The fraction of sp³-hybridized carbons (Fsp3) is 0.182. The van der Waals surface area contributed by atoms with Crippen molar-refractivity contribution >= 4 is 34.9 Å². The first kappa shape index (κ1) is 11.4. The van der Waals surface area contributed by atoms with Crippen molar-refractivity contribution < 1.29 is 0 Å². The van der Waals surface area contributed by atoms with Gasteiger partial charge in [0.1, 0.15) is 0 Å². The molecule has 3 heterocycles. The number of pyridine rings is 1. The van der Waals surface area contributed by atoms with Crippen LogP contribution >= 0.6 is 23.8 Å². The van der Waals surface area contributed by atoms with Crippen molar-refractivity contribution in [3.8, 4) is 0 Å². The molecule has 3 aromatic heterocycles. The van der Waals surface area contributed by atoms with Crippen LogP contribution in [0.4, 0.5) is 0 Å². The highest BCUT2D eigenvalue weighted by atomic mass is 35.5. The van der Waals surface area contributed by atoms with Crippen LogP contribution in [0.2, 0.25) is 5.02 Å². The molecule has 3 rings (SSSR count). The number of nitrogens with one attached hydrogen (secondary N) is 1. The highest BCUT2D eigenvalue weighted by molar-refractivity contribution is 7.71. The van der Waals surface area contributed by atoms with E-state index in [0.717, 1.165) is 17.6 Å². The molecule has 1 N–H and O–H groups in total. The molecule has 0 saturated heterocycles. The Morgan fingerprint density at radius 1 is 1.33 bits per heavy atom. The fourth-order valence-electron chi connectivity index (χ4n) is 1.93. The van der Waals surface area contributed by atoms with E-state index >= 15 is 0 Å². The molecule has 0 bridgehead atoms. The van der Waals surface area contributed by atoms with Gasteiger partial charge >= 0.3 is 0 Å². The van der Waals surface area contributed by atoms with Crippen LogP contribution in [0.1, 0.15) is 0 Å².